The van der Waals surface area contributed by atoms with E-state index < -0.39 is 10.0 Å². The minimum atomic E-state index is -3.55. The van der Waals surface area contributed by atoms with Crippen LogP contribution in [0.3, 0.4) is 0 Å². The van der Waals surface area contributed by atoms with Crippen LogP contribution in [0.4, 0.5) is 4.39 Å². The number of carbonyl (C=O) groups is 1. The molecule has 1 amide bonds. The summed E-state index contributed by atoms with van der Waals surface area (Å²) < 4.78 is 41.2. The summed E-state index contributed by atoms with van der Waals surface area (Å²) in [6, 6.07) is 11.0. The van der Waals surface area contributed by atoms with E-state index in [4.69, 9.17) is 0 Å². The number of aromatic nitrogens is 2. The van der Waals surface area contributed by atoms with Gasteiger partial charge in [0.1, 0.15) is 11.6 Å². The quantitative estimate of drug-likeness (QED) is 0.487. The zero-order chi connectivity index (χ0) is 24.2. The van der Waals surface area contributed by atoms with Gasteiger partial charge in [0, 0.05) is 27.2 Å². The summed E-state index contributed by atoms with van der Waals surface area (Å²) in [5.74, 6) is 0.312. The highest BCUT2D eigenvalue weighted by atomic mass is 32.2. The Hall–Kier alpha value is -2.82. The monoisotopic (exact) mass is 475 g/mol. The number of halogens is 1. The first-order valence-electron chi connectivity index (χ1n) is 10.8. The van der Waals surface area contributed by atoms with E-state index in [1.165, 1.54) is 30.5 Å². The van der Waals surface area contributed by atoms with Crippen LogP contribution in [0.25, 0.3) is 11.0 Å². The maximum Gasteiger partial charge on any atom is 0.242 e. The molecule has 0 fully saturated rings. The first kappa shape index (κ1) is 24.8. The molecule has 178 valence electrons. The second kappa shape index (κ2) is 10.4. The lowest BCUT2D eigenvalue weighted by Crippen LogP contribution is -2.37. The van der Waals surface area contributed by atoms with Gasteiger partial charge in [-0.25, -0.2) is 22.1 Å². The van der Waals surface area contributed by atoms with Crippen LogP contribution in [-0.2, 0) is 34.5 Å². The van der Waals surface area contributed by atoms with Crippen molar-refractivity contribution in [3.63, 3.8) is 0 Å². The number of benzene rings is 2. The standard InChI is InChI=1S/C23H30FN5O3S/c1-5-28(16-23(30)25-14-17-7-9-18(24)10-8-17)15-22-26-20-13-19(33(31,32)27(3)4)11-12-21(20)29(22)6-2/h7-13H,5-6,14-16H2,1-4H3,(H,25,30). The van der Waals surface area contributed by atoms with Gasteiger partial charge in [-0.05, 0) is 49.4 Å². The van der Waals surface area contributed by atoms with Crippen molar-refractivity contribution in [3.05, 3.63) is 59.7 Å². The molecule has 0 atom stereocenters. The molecule has 1 heterocycles. The number of amides is 1. The van der Waals surface area contributed by atoms with Crippen LogP contribution in [0.5, 0.6) is 0 Å². The largest absolute Gasteiger partial charge is 0.351 e. The number of nitrogens with zero attached hydrogens (tertiary/aromatic N) is 4. The number of fused-ring (bicyclic) bond motifs is 1. The van der Waals surface area contributed by atoms with Crippen molar-refractivity contribution in [1.82, 2.24) is 24.1 Å². The molecule has 0 aliphatic rings. The van der Waals surface area contributed by atoms with Crippen molar-refractivity contribution in [3.8, 4) is 0 Å². The summed E-state index contributed by atoms with van der Waals surface area (Å²) in [4.78, 5) is 19.3. The number of hydrogen-bond acceptors (Lipinski definition) is 5. The molecule has 0 saturated carbocycles. The molecule has 0 unspecified atom stereocenters. The van der Waals surface area contributed by atoms with Crippen LogP contribution in [-0.4, -0.2) is 60.3 Å². The summed E-state index contributed by atoms with van der Waals surface area (Å²) in [6.45, 7) is 6.22. The topological polar surface area (TPSA) is 87.5 Å². The number of likely N-dealkylation sites (N-methyl/N-ethyl adjacent to an activating group) is 1. The minimum Gasteiger partial charge on any atom is -0.351 e. The molecule has 3 aromatic rings. The van der Waals surface area contributed by atoms with E-state index in [1.807, 2.05) is 23.3 Å². The maximum absolute atomic E-state index is 13.0. The van der Waals surface area contributed by atoms with Gasteiger partial charge in [-0.3, -0.25) is 9.69 Å². The van der Waals surface area contributed by atoms with Crippen molar-refractivity contribution >= 4 is 27.0 Å². The van der Waals surface area contributed by atoms with Crippen LogP contribution in [0.15, 0.2) is 47.4 Å². The van der Waals surface area contributed by atoms with Crippen molar-refractivity contribution in [1.29, 1.82) is 0 Å². The molecule has 0 radical (unpaired) electrons. The summed E-state index contributed by atoms with van der Waals surface area (Å²) in [6.07, 6.45) is 0. The Morgan fingerprint density at radius 2 is 1.82 bits per heavy atom. The summed E-state index contributed by atoms with van der Waals surface area (Å²) in [5.41, 5.74) is 2.28. The van der Waals surface area contributed by atoms with E-state index in [0.717, 1.165) is 16.9 Å². The highest BCUT2D eigenvalue weighted by molar-refractivity contribution is 7.89. The van der Waals surface area contributed by atoms with Crippen LogP contribution in [0, 0.1) is 5.82 Å². The van der Waals surface area contributed by atoms with Gasteiger partial charge in [-0.2, -0.15) is 0 Å². The van der Waals surface area contributed by atoms with Gasteiger partial charge in [-0.1, -0.05) is 19.1 Å². The fourth-order valence-electron chi connectivity index (χ4n) is 3.55. The Morgan fingerprint density at radius 3 is 2.42 bits per heavy atom. The van der Waals surface area contributed by atoms with E-state index in [2.05, 4.69) is 10.3 Å². The van der Waals surface area contributed by atoms with E-state index in [0.29, 0.717) is 31.7 Å². The lowest BCUT2D eigenvalue weighted by Gasteiger charge is -2.20. The highest BCUT2D eigenvalue weighted by Gasteiger charge is 2.20. The average molecular weight is 476 g/mol. The minimum absolute atomic E-state index is 0.139. The molecule has 8 nitrogen and oxygen atoms in total. The predicted molar refractivity (Wildman–Crippen MR) is 125 cm³/mol. The second-order valence-corrected chi connectivity index (χ2v) is 10.1. The van der Waals surface area contributed by atoms with Crippen LogP contribution in [0.1, 0.15) is 25.2 Å². The summed E-state index contributed by atoms with van der Waals surface area (Å²) in [7, 11) is -0.562. The SMILES string of the molecule is CCN(CC(=O)NCc1ccc(F)cc1)Cc1nc2cc(S(=O)(=O)N(C)C)ccc2n1CC. The van der Waals surface area contributed by atoms with Gasteiger partial charge in [0.2, 0.25) is 15.9 Å². The summed E-state index contributed by atoms with van der Waals surface area (Å²) >= 11 is 0. The van der Waals surface area contributed by atoms with Gasteiger partial charge in [-0.15, -0.1) is 0 Å². The van der Waals surface area contributed by atoms with Crippen LogP contribution < -0.4 is 5.32 Å². The molecule has 1 aromatic heterocycles. The van der Waals surface area contributed by atoms with E-state index in [1.54, 1.807) is 30.3 Å². The second-order valence-electron chi connectivity index (χ2n) is 7.92. The normalized spacial score (nSPS) is 12.1. The first-order chi connectivity index (χ1) is 15.6. The van der Waals surface area contributed by atoms with Crippen LogP contribution >= 0.6 is 0 Å². The Bertz CT molecular complexity index is 1220. The molecule has 0 bridgehead atoms. The van der Waals surface area contributed by atoms with Crippen LogP contribution in [0.2, 0.25) is 0 Å². The molecule has 3 rings (SSSR count). The van der Waals surface area contributed by atoms with Gasteiger partial charge in [0.15, 0.2) is 0 Å². The number of nitrogens with one attached hydrogen (secondary N) is 1. The maximum atomic E-state index is 13.0. The zero-order valence-corrected chi connectivity index (χ0v) is 20.2. The molecular weight excluding hydrogens is 445 g/mol. The van der Waals surface area contributed by atoms with Gasteiger partial charge < -0.3 is 9.88 Å². The predicted octanol–water partition coefficient (Wildman–Crippen LogP) is 2.58. The number of carbonyl (C=O) groups excluding carboxylic acids is 1. The molecule has 0 spiro atoms. The fourth-order valence-corrected chi connectivity index (χ4v) is 4.47. The zero-order valence-electron chi connectivity index (χ0n) is 19.4. The van der Waals surface area contributed by atoms with E-state index in [-0.39, 0.29) is 23.2 Å². The fraction of sp³-hybridized carbons (Fsp3) is 0.391. The summed E-state index contributed by atoms with van der Waals surface area (Å²) in [5, 5.41) is 2.86. The van der Waals surface area contributed by atoms with Crippen molar-refractivity contribution < 1.29 is 17.6 Å². The Balaban J connectivity index is 1.74. The Kier molecular flexibility index (Phi) is 7.83. The van der Waals surface area contributed by atoms with Gasteiger partial charge in [0.25, 0.3) is 0 Å². The van der Waals surface area contributed by atoms with Gasteiger partial charge in [0.05, 0.1) is 29.0 Å². The third-order valence-corrected chi connectivity index (χ3v) is 7.29. The number of sulfonamides is 1. The average Bonchev–Trinajstić information content (AvgIpc) is 3.14. The highest BCUT2D eigenvalue weighted by Crippen LogP contribution is 2.23. The molecule has 0 aliphatic heterocycles. The third-order valence-electron chi connectivity index (χ3n) is 5.48. The lowest BCUT2D eigenvalue weighted by atomic mass is 10.2. The lowest BCUT2D eigenvalue weighted by molar-refractivity contribution is -0.122. The third kappa shape index (κ3) is 5.76. The smallest absolute Gasteiger partial charge is 0.242 e. The Morgan fingerprint density at radius 1 is 1.12 bits per heavy atom. The van der Waals surface area contributed by atoms with E-state index >= 15 is 0 Å². The Labute approximate surface area is 194 Å². The number of hydrogen-bond donors (Lipinski definition) is 1. The molecule has 2 aromatic carbocycles. The number of imidazole rings is 1. The molecule has 10 heteroatoms. The number of aryl methyl sites for hydroxylation is 1. The molecule has 0 aliphatic carbocycles. The van der Waals surface area contributed by atoms with Gasteiger partial charge >= 0.3 is 0 Å². The molecular formula is C23H30FN5O3S. The first-order valence-corrected chi connectivity index (χ1v) is 12.2. The molecule has 0 saturated heterocycles. The number of rotatable bonds is 10. The van der Waals surface area contributed by atoms with E-state index in [9.17, 15) is 17.6 Å². The van der Waals surface area contributed by atoms with Crippen molar-refractivity contribution in [2.45, 2.75) is 38.4 Å². The van der Waals surface area contributed by atoms with Crippen molar-refractivity contribution in [2.75, 3.05) is 27.2 Å². The van der Waals surface area contributed by atoms with Crippen molar-refractivity contribution in [2.24, 2.45) is 0 Å². The molecule has 1 N–H and O–H groups in total. The molecule has 33 heavy (non-hydrogen) atoms.